The molecule has 1 aromatic heterocycles. The number of nitrogens with one attached hydrogen (secondary N) is 1. The third-order valence-electron chi connectivity index (χ3n) is 7.94. The molecule has 3 aliphatic rings. The lowest BCUT2D eigenvalue weighted by Crippen LogP contribution is -2.63. The van der Waals surface area contributed by atoms with E-state index in [1.807, 2.05) is 48.2 Å². The number of benzene rings is 2. The first-order valence-electron chi connectivity index (χ1n) is 13.2. The standard InChI is InChI=1S/C30H33N3O3/c1-2-36-26-15-9-7-13-22(26)29-28-23(21-12-6-8-14-24(21)31-28)18-25-30(35)32(19-27(34)33(25)29)17-16-20-10-4-3-5-11-20/h6-10,12-15,25,29,31H,2-5,11,16-19H2,1H3/t25-,29?/m0/s1. The molecule has 3 aromatic rings. The lowest BCUT2D eigenvalue weighted by Gasteiger charge is -2.47. The summed E-state index contributed by atoms with van der Waals surface area (Å²) >= 11 is 0. The van der Waals surface area contributed by atoms with Gasteiger partial charge in [0.2, 0.25) is 11.8 Å². The van der Waals surface area contributed by atoms with Crippen LogP contribution in [0, 0.1) is 0 Å². The van der Waals surface area contributed by atoms with Gasteiger partial charge in [-0.25, -0.2) is 0 Å². The van der Waals surface area contributed by atoms with E-state index in [0.29, 0.717) is 19.6 Å². The van der Waals surface area contributed by atoms with Gasteiger partial charge in [-0.15, -0.1) is 0 Å². The number of fused-ring (bicyclic) bond motifs is 4. The Hall–Kier alpha value is -3.54. The number of rotatable bonds is 6. The second-order valence-electron chi connectivity index (χ2n) is 10.1. The summed E-state index contributed by atoms with van der Waals surface area (Å²) in [6.45, 7) is 3.24. The largest absolute Gasteiger partial charge is 0.494 e. The van der Waals surface area contributed by atoms with Gasteiger partial charge in [-0.2, -0.15) is 0 Å². The van der Waals surface area contributed by atoms with Crippen molar-refractivity contribution in [2.24, 2.45) is 0 Å². The van der Waals surface area contributed by atoms with Crippen LogP contribution in [0.4, 0.5) is 0 Å². The van der Waals surface area contributed by atoms with Crippen molar-refractivity contribution in [2.45, 2.75) is 57.5 Å². The molecule has 1 aliphatic carbocycles. The monoisotopic (exact) mass is 483 g/mol. The third-order valence-corrected chi connectivity index (χ3v) is 7.94. The van der Waals surface area contributed by atoms with Gasteiger partial charge >= 0.3 is 0 Å². The molecule has 1 unspecified atom stereocenters. The number of hydrogen-bond donors (Lipinski definition) is 1. The average molecular weight is 484 g/mol. The Bertz CT molecular complexity index is 1340. The highest BCUT2D eigenvalue weighted by Gasteiger charge is 2.48. The molecule has 0 saturated carbocycles. The zero-order chi connectivity index (χ0) is 24.6. The van der Waals surface area contributed by atoms with Gasteiger partial charge in [-0.05, 0) is 56.7 Å². The second kappa shape index (κ2) is 9.49. The summed E-state index contributed by atoms with van der Waals surface area (Å²) in [4.78, 5) is 34.9. The second-order valence-corrected chi connectivity index (χ2v) is 10.1. The normalized spacial score (nSPS) is 21.9. The van der Waals surface area contributed by atoms with Gasteiger partial charge in [-0.1, -0.05) is 48.0 Å². The predicted molar refractivity (Wildman–Crippen MR) is 140 cm³/mol. The predicted octanol–water partition coefficient (Wildman–Crippen LogP) is 5.14. The van der Waals surface area contributed by atoms with Crippen LogP contribution in [0.1, 0.15) is 61.9 Å². The molecule has 2 atom stereocenters. The van der Waals surface area contributed by atoms with E-state index in [9.17, 15) is 9.59 Å². The minimum absolute atomic E-state index is 0.00201. The molecule has 6 heteroatoms. The molecule has 6 rings (SSSR count). The van der Waals surface area contributed by atoms with E-state index in [1.54, 1.807) is 4.90 Å². The smallest absolute Gasteiger partial charge is 0.246 e. The molecule has 2 aliphatic heterocycles. The molecule has 6 nitrogen and oxygen atoms in total. The molecular weight excluding hydrogens is 450 g/mol. The molecule has 3 heterocycles. The Morgan fingerprint density at radius 2 is 1.89 bits per heavy atom. The number of aromatic nitrogens is 1. The molecule has 186 valence electrons. The van der Waals surface area contributed by atoms with Crippen LogP contribution in [-0.2, 0) is 16.0 Å². The molecule has 0 radical (unpaired) electrons. The maximum atomic E-state index is 13.9. The van der Waals surface area contributed by atoms with Crippen LogP contribution >= 0.6 is 0 Å². The van der Waals surface area contributed by atoms with E-state index < -0.39 is 12.1 Å². The molecule has 1 fully saturated rings. The van der Waals surface area contributed by atoms with E-state index in [2.05, 4.69) is 23.2 Å². The number of piperazine rings is 1. The van der Waals surface area contributed by atoms with E-state index in [-0.39, 0.29) is 18.4 Å². The number of nitrogens with zero attached hydrogens (tertiary/aromatic N) is 2. The van der Waals surface area contributed by atoms with Crippen molar-refractivity contribution in [1.82, 2.24) is 14.8 Å². The number of para-hydroxylation sites is 2. The minimum atomic E-state index is -0.516. The maximum absolute atomic E-state index is 13.9. The Balaban J connectivity index is 1.41. The van der Waals surface area contributed by atoms with Crippen molar-refractivity contribution in [3.8, 4) is 5.75 Å². The van der Waals surface area contributed by atoms with Crippen LogP contribution in [0.2, 0.25) is 0 Å². The Morgan fingerprint density at radius 3 is 2.72 bits per heavy atom. The van der Waals surface area contributed by atoms with Crippen LogP contribution in [0.15, 0.2) is 60.2 Å². The topological polar surface area (TPSA) is 65.6 Å². The molecule has 1 N–H and O–H groups in total. The number of carbonyl (C=O) groups is 2. The number of ether oxygens (including phenoxy) is 1. The highest BCUT2D eigenvalue weighted by molar-refractivity contribution is 5.97. The average Bonchev–Trinajstić information content (AvgIpc) is 3.28. The van der Waals surface area contributed by atoms with Crippen molar-refractivity contribution in [3.05, 3.63) is 77.0 Å². The number of allylic oxidation sites excluding steroid dienone is 1. The molecular formula is C30H33N3O3. The minimum Gasteiger partial charge on any atom is -0.494 e. The summed E-state index contributed by atoms with van der Waals surface area (Å²) in [7, 11) is 0. The first-order chi connectivity index (χ1) is 17.7. The third kappa shape index (κ3) is 3.89. The summed E-state index contributed by atoms with van der Waals surface area (Å²) in [6.07, 6.45) is 8.42. The number of hydrogen-bond acceptors (Lipinski definition) is 3. The maximum Gasteiger partial charge on any atom is 0.246 e. The van der Waals surface area contributed by atoms with Crippen molar-refractivity contribution in [3.63, 3.8) is 0 Å². The van der Waals surface area contributed by atoms with Gasteiger partial charge in [0.25, 0.3) is 0 Å². The summed E-state index contributed by atoms with van der Waals surface area (Å²) in [5.41, 5.74) is 5.48. The number of aromatic amines is 1. The lowest BCUT2D eigenvalue weighted by atomic mass is 9.85. The van der Waals surface area contributed by atoms with Gasteiger partial charge < -0.3 is 19.5 Å². The Labute approximate surface area is 211 Å². The Kier molecular flexibility index (Phi) is 6.04. The molecule has 0 bridgehead atoms. The molecule has 1 saturated heterocycles. The van der Waals surface area contributed by atoms with Crippen molar-refractivity contribution in [2.75, 3.05) is 19.7 Å². The van der Waals surface area contributed by atoms with Gasteiger partial charge in [0.1, 0.15) is 17.8 Å². The molecule has 36 heavy (non-hydrogen) atoms. The van der Waals surface area contributed by atoms with Crippen LogP contribution in [-0.4, -0.2) is 52.3 Å². The quantitative estimate of drug-likeness (QED) is 0.494. The van der Waals surface area contributed by atoms with Gasteiger partial charge in [0.05, 0.1) is 13.2 Å². The highest BCUT2D eigenvalue weighted by Crippen LogP contribution is 2.45. The number of amides is 2. The fourth-order valence-corrected chi connectivity index (χ4v) is 6.24. The van der Waals surface area contributed by atoms with Crippen LogP contribution in [0.3, 0.4) is 0 Å². The van der Waals surface area contributed by atoms with E-state index in [4.69, 9.17) is 4.74 Å². The van der Waals surface area contributed by atoms with Crippen molar-refractivity contribution >= 4 is 22.7 Å². The zero-order valence-electron chi connectivity index (χ0n) is 20.8. The van der Waals surface area contributed by atoms with Gasteiger partial charge in [0, 0.05) is 35.1 Å². The summed E-state index contributed by atoms with van der Waals surface area (Å²) in [5.74, 6) is 0.806. The highest BCUT2D eigenvalue weighted by atomic mass is 16.5. The number of carbonyl (C=O) groups excluding carboxylic acids is 2. The summed E-state index contributed by atoms with van der Waals surface area (Å²) < 4.78 is 5.99. The van der Waals surface area contributed by atoms with Crippen LogP contribution < -0.4 is 4.74 Å². The van der Waals surface area contributed by atoms with E-state index in [1.165, 1.54) is 18.4 Å². The first kappa shape index (κ1) is 22.9. The lowest BCUT2D eigenvalue weighted by molar-refractivity contribution is -0.158. The summed E-state index contributed by atoms with van der Waals surface area (Å²) in [5, 5.41) is 1.12. The van der Waals surface area contributed by atoms with E-state index >= 15 is 0 Å². The van der Waals surface area contributed by atoms with Crippen LogP contribution in [0.5, 0.6) is 5.75 Å². The summed E-state index contributed by atoms with van der Waals surface area (Å²) in [6, 6.07) is 15.2. The van der Waals surface area contributed by atoms with Gasteiger partial charge in [0.15, 0.2) is 0 Å². The van der Waals surface area contributed by atoms with Crippen LogP contribution in [0.25, 0.3) is 10.9 Å². The number of H-pyrrole nitrogens is 1. The van der Waals surface area contributed by atoms with Crippen molar-refractivity contribution in [1.29, 1.82) is 0 Å². The SMILES string of the molecule is CCOc1ccccc1C1c2[nH]c3ccccc3c2C[C@H]2C(=O)N(CCC3=CCCCC3)CC(=O)N12. The molecule has 2 amide bonds. The first-order valence-corrected chi connectivity index (χ1v) is 13.2. The van der Waals surface area contributed by atoms with Gasteiger partial charge in [-0.3, -0.25) is 9.59 Å². The van der Waals surface area contributed by atoms with E-state index in [0.717, 1.165) is 52.7 Å². The molecule has 2 aromatic carbocycles. The fourth-order valence-electron chi connectivity index (χ4n) is 6.24. The van der Waals surface area contributed by atoms with Crippen molar-refractivity contribution < 1.29 is 14.3 Å². The zero-order valence-corrected chi connectivity index (χ0v) is 20.8. The molecule has 0 spiro atoms. The Morgan fingerprint density at radius 1 is 1.06 bits per heavy atom. The fraction of sp³-hybridized carbons (Fsp3) is 0.400.